The Kier molecular flexibility index (Phi) is 4.63. The minimum atomic E-state index is 0.433. The first-order valence-electron chi connectivity index (χ1n) is 5.83. The number of carbonyl (C=O) groups is 1. The topological polar surface area (TPSA) is 44.8 Å². The molecule has 0 amide bonds. The van der Waals surface area contributed by atoms with Gasteiger partial charge in [-0.2, -0.15) is 0 Å². The monoisotopic (exact) mass is 336 g/mol. The quantitative estimate of drug-likeness (QED) is 0.772. The number of hydrogen-bond acceptors (Lipinski definition) is 4. The molecule has 0 saturated heterocycles. The van der Waals surface area contributed by atoms with Gasteiger partial charge >= 0.3 is 0 Å². The molecular weight excluding hydrogens is 324 g/mol. The van der Waals surface area contributed by atoms with Gasteiger partial charge in [0.1, 0.15) is 5.75 Å². The fourth-order valence-electron chi connectivity index (χ4n) is 1.73. The van der Waals surface area contributed by atoms with E-state index >= 15 is 0 Å². The normalized spacial score (nSPS) is 9.95. The lowest BCUT2D eigenvalue weighted by Crippen LogP contribution is -1.96. The number of hydrogen-bond donors (Lipinski definition) is 0. The predicted molar refractivity (Wildman–Crippen MR) is 79.1 cm³/mol. The summed E-state index contributed by atoms with van der Waals surface area (Å²) in [5.74, 6) is 1.93. The van der Waals surface area contributed by atoms with E-state index in [-0.39, 0.29) is 0 Å². The van der Waals surface area contributed by atoms with Crippen LogP contribution in [0.15, 0.2) is 40.9 Å². The van der Waals surface area contributed by atoms with Gasteiger partial charge in [0.15, 0.2) is 17.8 Å². The molecular formula is C15H13BrO4. The summed E-state index contributed by atoms with van der Waals surface area (Å²) in [4.78, 5) is 11.1. The third-order valence-electron chi connectivity index (χ3n) is 2.69. The van der Waals surface area contributed by atoms with Gasteiger partial charge in [-0.15, -0.1) is 0 Å². The summed E-state index contributed by atoms with van der Waals surface area (Å²) in [6, 6.07) is 10.5. The first-order valence-corrected chi connectivity index (χ1v) is 6.62. The number of halogens is 1. The summed E-state index contributed by atoms with van der Waals surface area (Å²) >= 11 is 3.31. The van der Waals surface area contributed by atoms with Crippen LogP contribution in [-0.4, -0.2) is 20.5 Å². The van der Waals surface area contributed by atoms with Crippen LogP contribution in [0, 0.1) is 0 Å². The second-order valence-corrected chi connectivity index (χ2v) is 4.81. The Morgan fingerprint density at radius 3 is 2.20 bits per heavy atom. The highest BCUT2D eigenvalue weighted by Crippen LogP contribution is 2.40. The summed E-state index contributed by atoms with van der Waals surface area (Å²) < 4.78 is 17.1. The van der Waals surface area contributed by atoms with Crippen LogP contribution < -0.4 is 14.2 Å². The molecule has 0 aromatic heterocycles. The van der Waals surface area contributed by atoms with Crippen LogP contribution in [0.1, 0.15) is 10.4 Å². The molecule has 5 heteroatoms. The van der Waals surface area contributed by atoms with E-state index in [0.717, 1.165) is 10.8 Å². The molecule has 0 unspecified atom stereocenters. The van der Waals surface area contributed by atoms with Gasteiger partial charge in [0.25, 0.3) is 0 Å². The zero-order valence-corrected chi connectivity index (χ0v) is 12.6. The number of rotatable bonds is 5. The molecule has 0 atom stereocenters. The van der Waals surface area contributed by atoms with E-state index < -0.39 is 0 Å². The zero-order valence-electron chi connectivity index (χ0n) is 11.1. The SMILES string of the molecule is COc1cccc(OC)c1Oc1ccc(Br)cc1C=O. The van der Waals surface area contributed by atoms with Crippen LogP contribution in [0.4, 0.5) is 0 Å². The lowest BCUT2D eigenvalue weighted by atomic mass is 10.2. The maximum atomic E-state index is 11.1. The average molecular weight is 337 g/mol. The number of para-hydroxylation sites is 1. The van der Waals surface area contributed by atoms with Gasteiger partial charge in [-0.05, 0) is 30.3 Å². The molecule has 104 valence electrons. The molecule has 0 aliphatic heterocycles. The first-order chi connectivity index (χ1) is 9.69. The smallest absolute Gasteiger partial charge is 0.211 e. The third kappa shape index (κ3) is 2.93. The molecule has 0 radical (unpaired) electrons. The number of benzene rings is 2. The van der Waals surface area contributed by atoms with Crippen LogP contribution in [0.25, 0.3) is 0 Å². The van der Waals surface area contributed by atoms with Gasteiger partial charge in [-0.3, -0.25) is 4.79 Å². The number of ether oxygens (including phenoxy) is 3. The highest BCUT2D eigenvalue weighted by atomic mass is 79.9. The Bertz CT molecular complexity index is 603. The summed E-state index contributed by atoms with van der Waals surface area (Å²) in [6.45, 7) is 0. The molecule has 0 saturated carbocycles. The van der Waals surface area contributed by atoms with Gasteiger partial charge in [0, 0.05) is 4.47 Å². The summed E-state index contributed by atoms with van der Waals surface area (Å²) in [5, 5.41) is 0. The van der Waals surface area contributed by atoms with Gasteiger partial charge in [0.05, 0.1) is 19.8 Å². The van der Waals surface area contributed by atoms with Crippen molar-refractivity contribution >= 4 is 22.2 Å². The second kappa shape index (κ2) is 6.43. The van der Waals surface area contributed by atoms with E-state index in [1.807, 2.05) is 0 Å². The van der Waals surface area contributed by atoms with Crippen molar-refractivity contribution < 1.29 is 19.0 Å². The van der Waals surface area contributed by atoms with Crippen LogP contribution in [0.3, 0.4) is 0 Å². The van der Waals surface area contributed by atoms with Gasteiger partial charge in [-0.25, -0.2) is 0 Å². The molecule has 4 nitrogen and oxygen atoms in total. The Morgan fingerprint density at radius 2 is 1.65 bits per heavy atom. The van der Waals surface area contributed by atoms with Crippen molar-refractivity contribution in [3.8, 4) is 23.0 Å². The van der Waals surface area contributed by atoms with Crippen molar-refractivity contribution in [3.63, 3.8) is 0 Å². The number of methoxy groups -OCH3 is 2. The highest BCUT2D eigenvalue weighted by molar-refractivity contribution is 9.10. The van der Waals surface area contributed by atoms with E-state index in [0.29, 0.717) is 28.6 Å². The maximum Gasteiger partial charge on any atom is 0.211 e. The third-order valence-corrected chi connectivity index (χ3v) is 3.19. The molecule has 0 heterocycles. The summed E-state index contributed by atoms with van der Waals surface area (Å²) in [7, 11) is 3.09. The van der Waals surface area contributed by atoms with Gasteiger partial charge in [-0.1, -0.05) is 22.0 Å². The Balaban J connectivity index is 2.46. The Morgan fingerprint density at radius 1 is 1.00 bits per heavy atom. The molecule has 2 aromatic rings. The highest BCUT2D eigenvalue weighted by Gasteiger charge is 2.14. The van der Waals surface area contributed by atoms with Gasteiger partial charge in [0.2, 0.25) is 5.75 Å². The lowest BCUT2D eigenvalue weighted by molar-refractivity contribution is 0.112. The predicted octanol–water partition coefficient (Wildman–Crippen LogP) is 4.07. The van der Waals surface area contributed by atoms with E-state index in [1.165, 1.54) is 0 Å². The minimum absolute atomic E-state index is 0.433. The minimum Gasteiger partial charge on any atom is -0.493 e. The van der Waals surface area contributed by atoms with Crippen LogP contribution >= 0.6 is 15.9 Å². The second-order valence-electron chi connectivity index (χ2n) is 3.89. The zero-order chi connectivity index (χ0) is 14.5. The van der Waals surface area contributed by atoms with Crippen LogP contribution in [0.5, 0.6) is 23.0 Å². The molecule has 0 aliphatic rings. The van der Waals surface area contributed by atoms with Crippen molar-refractivity contribution in [2.75, 3.05) is 14.2 Å². The molecule has 0 aliphatic carbocycles. The summed E-state index contributed by atoms with van der Waals surface area (Å²) in [6.07, 6.45) is 0.738. The molecule has 0 bridgehead atoms. The standard InChI is InChI=1S/C15H13BrO4/c1-18-13-4-3-5-14(19-2)15(13)20-12-7-6-11(16)8-10(12)9-17/h3-9H,1-2H3. The number of aldehydes is 1. The number of carbonyl (C=O) groups excluding carboxylic acids is 1. The largest absolute Gasteiger partial charge is 0.493 e. The molecule has 0 fully saturated rings. The molecule has 2 aromatic carbocycles. The van der Waals surface area contributed by atoms with E-state index in [4.69, 9.17) is 14.2 Å². The summed E-state index contributed by atoms with van der Waals surface area (Å²) in [5.41, 5.74) is 0.437. The maximum absolute atomic E-state index is 11.1. The van der Waals surface area contributed by atoms with E-state index in [2.05, 4.69) is 15.9 Å². The fourth-order valence-corrected chi connectivity index (χ4v) is 2.11. The van der Waals surface area contributed by atoms with Gasteiger partial charge < -0.3 is 14.2 Å². The molecule has 2 rings (SSSR count). The average Bonchev–Trinajstić information content (AvgIpc) is 2.49. The Labute approximate surface area is 125 Å². The van der Waals surface area contributed by atoms with E-state index in [1.54, 1.807) is 50.6 Å². The van der Waals surface area contributed by atoms with Crippen molar-refractivity contribution in [1.82, 2.24) is 0 Å². The Hall–Kier alpha value is -2.01. The van der Waals surface area contributed by atoms with Crippen LogP contribution in [-0.2, 0) is 0 Å². The van der Waals surface area contributed by atoms with E-state index in [9.17, 15) is 4.79 Å². The van der Waals surface area contributed by atoms with Crippen molar-refractivity contribution in [2.24, 2.45) is 0 Å². The molecule has 0 spiro atoms. The van der Waals surface area contributed by atoms with Crippen LogP contribution in [0.2, 0.25) is 0 Å². The first kappa shape index (κ1) is 14.4. The fraction of sp³-hybridized carbons (Fsp3) is 0.133. The molecule has 0 N–H and O–H groups in total. The van der Waals surface area contributed by atoms with Crippen molar-refractivity contribution in [3.05, 3.63) is 46.4 Å². The lowest BCUT2D eigenvalue weighted by Gasteiger charge is -2.14. The molecule has 20 heavy (non-hydrogen) atoms. The van der Waals surface area contributed by atoms with Crippen molar-refractivity contribution in [1.29, 1.82) is 0 Å². The van der Waals surface area contributed by atoms with Crippen molar-refractivity contribution in [2.45, 2.75) is 0 Å².